The fraction of sp³-hybridized carbons (Fsp3) is 0.231. The van der Waals surface area contributed by atoms with E-state index in [2.05, 4.69) is 31.1 Å². The Morgan fingerprint density at radius 2 is 1.85 bits per heavy atom. The molecule has 0 saturated heterocycles. The molecule has 4 aromatic rings. The fourth-order valence-electron chi connectivity index (χ4n) is 3.53. The number of amides is 1. The molecule has 0 aliphatic heterocycles. The maximum absolute atomic E-state index is 12.4. The number of anilines is 2. The van der Waals surface area contributed by atoms with Gasteiger partial charge in [-0.2, -0.15) is 0 Å². The minimum atomic E-state index is -0.241. The van der Waals surface area contributed by atoms with Gasteiger partial charge in [0.2, 0.25) is 0 Å². The highest BCUT2D eigenvalue weighted by atomic mass is 16.5. The predicted molar refractivity (Wildman–Crippen MR) is 131 cm³/mol. The molecule has 0 radical (unpaired) electrons. The van der Waals surface area contributed by atoms with E-state index in [1.807, 2.05) is 65.3 Å². The zero-order chi connectivity index (χ0) is 23.6. The molecule has 0 saturated carbocycles. The van der Waals surface area contributed by atoms with E-state index in [1.54, 1.807) is 13.2 Å². The van der Waals surface area contributed by atoms with Crippen LogP contribution in [0.2, 0.25) is 0 Å². The first-order valence-electron chi connectivity index (χ1n) is 10.7. The van der Waals surface area contributed by atoms with Crippen LogP contribution in [0.4, 0.5) is 11.4 Å². The Morgan fingerprint density at radius 3 is 2.52 bits per heavy atom. The van der Waals surface area contributed by atoms with Crippen LogP contribution >= 0.6 is 0 Å². The van der Waals surface area contributed by atoms with Crippen LogP contribution < -0.4 is 20.5 Å². The molecule has 0 unspecified atom stereocenters. The summed E-state index contributed by atoms with van der Waals surface area (Å²) < 4.78 is 12.9. The lowest BCUT2D eigenvalue weighted by Crippen LogP contribution is -2.20. The third kappa shape index (κ3) is 4.92. The standard InChI is InChI=1S/C26H28N4O3/c1-26(2,3)18-8-10-19(11-9-18)28-24(31)16-33-23-6-5-13-30-15-21(29-25(23)30)17-7-12-22(32-4)20(27)14-17/h5-15H,16,27H2,1-4H3,(H,28,31). The molecular formula is C26H28N4O3. The summed E-state index contributed by atoms with van der Waals surface area (Å²) >= 11 is 0. The molecule has 33 heavy (non-hydrogen) atoms. The van der Waals surface area contributed by atoms with Gasteiger partial charge in [-0.3, -0.25) is 4.79 Å². The number of hydrogen-bond acceptors (Lipinski definition) is 5. The maximum atomic E-state index is 12.4. The van der Waals surface area contributed by atoms with Crippen LogP contribution in [0.5, 0.6) is 11.5 Å². The van der Waals surface area contributed by atoms with Gasteiger partial charge < -0.3 is 24.9 Å². The zero-order valence-electron chi connectivity index (χ0n) is 19.3. The van der Waals surface area contributed by atoms with Crippen molar-refractivity contribution < 1.29 is 14.3 Å². The number of carbonyl (C=O) groups is 1. The number of aromatic nitrogens is 2. The van der Waals surface area contributed by atoms with Crippen molar-refractivity contribution in [3.63, 3.8) is 0 Å². The Hall–Kier alpha value is -4.00. The van der Waals surface area contributed by atoms with Crippen LogP contribution in [0.15, 0.2) is 67.0 Å². The summed E-state index contributed by atoms with van der Waals surface area (Å²) in [4.78, 5) is 17.1. The number of imidazole rings is 1. The number of nitrogens with one attached hydrogen (secondary N) is 1. The van der Waals surface area contributed by atoms with Crippen molar-refractivity contribution in [1.82, 2.24) is 9.38 Å². The molecule has 0 bridgehead atoms. The van der Waals surface area contributed by atoms with E-state index < -0.39 is 0 Å². The van der Waals surface area contributed by atoms with Crippen molar-refractivity contribution in [2.24, 2.45) is 0 Å². The second-order valence-electron chi connectivity index (χ2n) is 8.85. The Bertz CT molecular complexity index is 1290. The summed E-state index contributed by atoms with van der Waals surface area (Å²) in [5, 5.41) is 2.87. The molecule has 0 spiro atoms. The smallest absolute Gasteiger partial charge is 0.262 e. The van der Waals surface area contributed by atoms with E-state index in [0.29, 0.717) is 22.8 Å². The molecule has 7 nitrogen and oxygen atoms in total. The highest BCUT2D eigenvalue weighted by Crippen LogP contribution is 2.30. The van der Waals surface area contributed by atoms with Gasteiger partial charge in [-0.15, -0.1) is 0 Å². The van der Waals surface area contributed by atoms with Crippen molar-refractivity contribution in [2.75, 3.05) is 24.8 Å². The SMILES string of the molecule is COc1ccc(-c2cn3cccc(OCC(=O)Nc4ccc(C(C)(C)C)cc4)c3n2)cc1N. The molecule has 0 aliphatic carbocycles. The van der Waals surface area contributed by atoms with Crippen LogP contribution in [0.1, 0.15) is 26.3 Å². The summed E-state index contributed by atoms with van der Waals surface area (Å²) in [5.41, 5.74) is 10.8. The Labute approximate surface area is 193 Å². The van der Waals surface area contributed by atoms with Gasteiger partial charge in [0.05, 0.1) is 18.5 Å². The molecule has 2 heterocycles. The van der Waals surface area contributed by atoms with E-state index >= 15 is 0 Å². The number of pyridine rings is 1. The van der Waals surface area contributed by atoms with Crippen LogP contribution in [-0.4, -0.2) is 29.0 Å². The third-order valence-corrected chi connectivity index (χ3v) is 5.37. The number of ether oxygens (including phenoxy) is 2. The molecule has 0 atom stereocenters. The molecular weight excluding hydrogens is 416 g/mol. The Kier molecular flexibility index (Phi) is 5.96. The highest BCUT2D eigenvalue weighted by molar-refractivity contribution is 5.92. The fourth-order valence-corrected chi connectivity index (χ4v) is 3.53. The molecule has 0 aliphatic rings. The molecule has 2 aromatic heterocycles. The Morgan fingerprint density at radius 1 is 1.09 bits per heavy atom. The number of hydrogen-bond donors (Lipinski definition) is 2. The van der Waals surface area contributed by atoms with E-state index in [4.69, 9.17) is 15.2 Å². The molecule has 2 aromatic carbocycles. The number of rotatable bonds is 6. The molecule has 0 fully saturated rings. The lowest BCUT2D eigenvalue weighted by molar-refractivity contribution is -0.118. The molecule has 1 amide bonds. The molecule has 4 rings (SSSR count). The van der Waals surface area contributed by atoms with Crippen molar-refractivity contribution in [1.29, 1.82) is 0 Å². The molecule has 170 valence electrons. The monoisotopic (exact) mass is 444 g/mol. The summed E-state index contributed by atoms with van der Waals surface area (Å²) in [7, 11) is 1.58. The molecule has 3 N–H and O–H groups in total. The van der Waals surface area contributed by atoms with Gasteiger partial charge in [0, 0.05) is 23.6 Å². The summed E-state index contributed by atoms with van der Waals surface area (Å²) in [6, 6.07) is 17.0. The second-order valence-corrected chi connectivity index (χ2v) is 8.85. The van der Waals surface area contributed by atoms with Gasteiger partial charge >= 0.3 is 0 Å². The van der Waals surface area contributed by atoms with Crippen molar-refractivity contribution in [3.05, 3.63) is 72.6 Å². The number of benzene rings is 2. The minimum Gasteiger partial charge on any atom is -0.495 e. The first-order valence-corrected chi connectivity index (χ1v) is 10.7. The number of nitrogens with two attached hydrogens (primary N) is 1. The number of nitrogens with zero attached hydrogens (tertiary/aromatic N) is 2. The lowest BCUT2D eigenvalue weighted by atomic mass is 9.87. The van der Waals surface area contributed by atoms with Crippen molar-refractivity contribution in [2.45, 2.75) is 26.2 Å². The summed E-state index contributed by atoms with van der Waals surface area (Å²) in [6.45, 7) is 6.33. The maximum Gasteiger partial charge on any atom is 0.262 e. The molecule has 7 heteroatoms. The summed E-state index contributed by atoms with van der Waals surface area (Å²) in [6.07, 6.45) is 3.77. The van der Waals surface area contributed by atoms with Crippen LogP contribution in [0, 0.1) is 0 Å². The van der Waals surface area contributed by atoms with E-state index in [9.17, 15) is 4.79 Å². The first kappa shape index (κ1) is 22.2. The normalized spacial score (nSPS) is 11.4. The number of nitrogen functional groups attached to an aromatic ring is 1. The Balaban J connectivity index is 1.46. The first-order chi connectivity index (χ1) is 15.7. The quantitative estimate of drug-likeness (QED) is 0.413. The number of methoxy groups -OCH3 is 1. The van der Waals surface area contributed by atoms with Crippen LogP contribution in [-0.2, 0) is 10.2 Å². The summed E-state index contributed by atoms with van der Waals surface area (Å²) in [5.74, 6) is 0.893. The van der Waals surface area contributed by atoms with Gasteiger partial charge in [0.1, 0.15) is 5.75 Å². The number of fused-ring (bicyclic) bond motifs is 1. The largest absolute Gasteiger partial charge is 0.495 e. The topological polar surface area (TPSA) is 90.9 Å². The zero-order valence-corrected chi connectivity index (χ0v) is 19.3. The van der Waals surface area contributed by atoms with Crippen LogP contribution in [0.3, 0.4) is 0 Å². The third-order valence-electron chi connectivity index (χ3n) is 5.37. The lowest BCUT2D eigenvalue weighted by Gasteiger charge is -2.19. The minimum absolute atomic E-state index is 0.0604. The predicted octanol–water partition coefficient (Wildman–Crippen LogP) is 4.91. The average molecular weight is 445 g/mol. The van der Waals surface area contributed by atoms with Crippen molar-refractivity contribution in [3.8, 4) is 22.8 Å². The van der Waals surface area contributed by atoms with Crippen molar-refractivity contribution >= 4 is 22.9 Å². The number of carbonyl (C=O) groups excluding carboxylic acids is 1. The van der Waals surface area contributed by atoms with Gasteiger partial charge in [0.15, 0.2) is 18.0 Å². The van der Waals surface area contributed by atoms with Gasteiger partial charge in [-0.1, -0.05) is 32.9 Å². The van der Waals surface area contributed by atoms with Gasteiger partial charge in [-0.25, -0.2) is 4.98 Å². The highest BCUT2D eigenvalue weighted by Gasteiger charge is 2.14. The van der Waals surface area contributed by atoms with Gasteiger partial charge in [0.25, 0.3) is 5.91 Å². The van der Waals surface area contributed by atoms with E-state index in [0.717, 1.165) is 16.9 Å². The van der Waals surface area contributed by atoms with E-state index in [1.165, 1.54) is 5.56 Å². The van der Waals surface area contributed by atoms with E-state index in [-0.39, 0.29) is 17.9 Å². The average Bonchev–Trinajstić information content (AvgIpc) is 3.22. The van der Waals surface area contributed by atoms with Crippen LogP contribution in [0.25, 0.3) is 16.9 Å². The van der Waals surface area contributed by atoms with Gasteiger partial charge in [-0.05, 0) is 53.4 Å². The second kappa shape index (κ2) is 8.86.